The Labute approximate surface area is 150 Å². The predicted octanol–water partition coefficient (Wildman–Crippen LogP) is 1.36. The number of aliphatic carboxylic acids is 1. The van der Waals surface area contributed by atoms with Gasteiger partial charge in [-0.2, -0.15) is 13.2 Å². The second-order valence-electron chi connectivity index (χ2n) is 6.64. The minimum atomic E-state index is -5.08. The van der Waals surface area contributed by atoms with Crippen molar-refractivity contribution in [3.05, 3.63) is 0 Å². The van der Waals surface area contributed by atoms with Gasteiger partial charge in [0.05, 0.1) is 0 Å². The van der Waals surface area contributed by atoms with Crippen molar-refractivity contribution in [3.63, 3.8) is 0 Å². The Morgan fingerprint density at radius 2 is 1.77 bits per heavy atom. The summed E-state index contributed by atoms with van der Waals surface area (Å²) in [4.78, 5) is 36.6. The highest BCUT2D eigenvalue weighted by atomic mass is 19.4. The van der Waals surface area contributed by atoms with Gasteiger partial charge >= 0.3 is 12.1 Å². The van der Waals surface area contributed by atoms with Crippen molar-refractivity contribution < 1.29 is 32.7 Å². The smallest absolute Gasteiger partial charge is 0.475 e. The number of likely N-dealkylation sites (tertiary alicyclic amines) is 2. The third kappa shape index (κ3) is 7.19. The number of amides is 2. The van der Waals surface area contributed by atoms with Crippen molar-refractivity contribution >= 4 is 17.8 Å². The molecule has 0 saturated carbocycles. The lowest BCUT2D eigenvalue weighted by atomic mass is 9.99. The molecule has 0 radical (unpaired) electrons. The molecule has 0 aliphatic carbocycles. The molecule has 2 saturated heterocycles. The molecule has 3 N–H and O–H groups in total. The third-order valence-corrected chi connectivity index (χ3v) is 4.36. The summed E-state index contributed by atoms with van der Waals surface area (Å²) in [5.41, 5.74) is 5.66. The van der Waals surface area contributed by atoms with Crippen LogP contribution in [0.2, 0.25) is 0 Å². The van der Waals surface area contributed by atoms with Crippen molar-refractivity contribution in [1.29, 1.82) is 0 Å². The van der Waals surface area contributed by atoms with Crippen molar-refractivity contribution in [2.24, 2.45) is 5.73 Å². The van der Waals surface area contributed by atoms with Crippen molar-refractivity contribution in [2.75, 3.05) is 19.6 Å². The van der Waals surface area contributed by atoms with Gasteiger partial charge in [0.1, 0.15) is 0 Å². The first kappa shape index (κ1) is 22.2. The molecule has 0 aromatic carbocycles. The van der Waals surface area contributed by atoms with Crippen LogP contribution >= 0.6 is 0 Å². The molecule has 0 bridgehead atoms. The first-order chi connectivity index (χ1) is 12.0. The van der Waals surface area contributed by atoms with E-state index in [1.165, 1.54) is 0 Å². The standard InChI is InChI=1S/C14H25N3O2.C2HF3O2/c1-11(15)10-14(19)16-8-5-12(6-9-16)17-7-3-2-4-13(17)18;3-2(4,5)1(6)7/h11-12H,2-10,15H2,1H3;(H,6,7)/t11-;/m1./s1. The highest BCUT2D eigenvalue weighted by Crippen LogP contribution is 2.22. The number of halogens is 3. The molecule has 150 valence electrons. The van der Waals surface area contributed by atoms with Crippen LogP contribution in [0.3, 0.4) is 0 Å². The lowest BCUT2D eigenvalue weighted by molar-refractivity contribution is -0.192. The summed E-state index contributed by atoms with van der Waals surface area (Å²) in [6.45, 7) is 4.29. The zero-order chi connectivity index (χ0) is 19.9. The van der Waals surface area contributed by atoms with Crippen LogP contribution < -0.4 is 5.73 Å². The monoisotopic (exact) mass is 381 g/mol. The molecule has 0 aromatic heterocycles. The molecule has 2 fully saturated rings. The molecule has 0 unspecified atom stereocenters. The lowest BCUT2D eigenvalue weighted by Gasteiger charge is -2.40. The minimum Gasteiger partial charge on any atom is -0.475 e. The van der Waals surface area contributed by atoms with Gasteiger partial charge in [-0.3, -0.25) is 9.59 Å². The number of nitrogens with zero attached hydrogens (tertiary/aromatic N) is 2. The number of piperidine rings is 2. The first-order valence-electron chi connectivity index (χ1n) is 8.65. The van der Waals surface area contributed by atoms with Gasteiger partial charge in [0.15, 0.2) is 0 Å². The molecule has 2 aliphatic rings. The summed E-state index contributed by atoms with van der Waals surface area (Å²) in [6, 6.07) is 0.265. The number of carboxylic acids is 1. The Hall–Kier alpha value is -1.84. The summed E-state index contributed by atoms with van der Waals surface area (Å²) in [5, 5.41) is 7.12. The maximum atomic E-state index is 11.9. The lowest BCUT2D eigenvalue weighted by Crippen LogP contribution is -2.50. The number of carboxylic acid groups (broad SMARTS) is 1. The van der Waals surface area contributed by atoms with E-state index in [-0.39, 0.29) is 11.9 Å². The molecule has 26 heavy (non-hydrogen) atoms. The number of hydrogen-bond donors (Lipinski definition) is 2. The van der Waals surface area contributed by atoms with Crippen LogP contribution in [0.4, 0.5) is 13.2 Å². The van der Waals surface area contributed by atoms with Crippen LogP contribution in [-0.2, 0) is 14.4 Å². The van der Waals surface area contributed by atoms with E-state index in [0.717, 1.165) is 45.3 Å². The van der Waals surface area contributed by atoms with E-state index in [1.54, 1.807) is 0 Å². The number of hydrogen-bond acceptors (Lipinski definition) is 4. The van der Waals surface area contributed by atoms with Gasteiger partial charge < -0.3 is 20.6 Å². The second-order valence-corrected chi connectivity index (χ2v) is 6.64. The van der Waals surface area contributed by atoms with Crippen LogP contribution in [0.25, 0.3) is 0 Å². The Morgan fingerprint density at radius 3 is 2.19 bits per heavy atom. The molecule has 2 aliphatic heterocycles. The average Bonchev–Trinajstić information content (AvgIpc) is 2.54. The minimum absolute atomic E-state index is 0.0751. The summed E-state index contributed by atoms with van der Waals surface area (Å²) < 4.78 is 31.7. The van der Waals surface area contributed by atoms with Crippen LogP contribution in [0.5, 0.6) is 0 Å². The Kier molecular flexibility index (Phi) is 8.32. The van der Waals surface area contributed by atoms with Crippen molar-refractivity contribution in [1.82, 2.24) is 9.80 Å². The zero-order valence-corrected chi connectivity index (χ0v) is 14.8. The van der Waals surface area contributed by atoms with E-state index in [9.17, 15) is 22.8 Å². The normalized spacial score (nSPS) is 20.3. The maximum Gasteiger partial charge on any atom is 0.490 e. The Bertz CT molecular complexity index is 503. The van der Waals surface area contributed by atoms with Crippen LogP contribution in [0.15, 0.2) is 0 Å². The van der Waals surface area contributed by atoms with Gasteiger partial charge in [0, 0.05) is 44.6 Å². The molecular weight excluding hydrogens is 355 g/mol. The molecule has 0 spiro atoms. The quantitative estimate of drug-likeness (QED) is 0.768. The highest BCUT2D eigenvalue weighted by molar-refractivity contribution is 5.78. The molecule has 2 amide bonds. The first-order valence-corrected chi connectivity index (χ1v) is 8.65. The fourth-order valence-corrected chi connectivity index (χ4v) is 3.04. The van der Waals surface area contributed by atoms with Gasteiger partial charge in [-0.25, -0.2) is 4.79 Å². The molecule has 2 heterocycles. The van der Waals surface area contributed by atoms with E-state index in [2.05, 4.69) is 0 Å². The van der Waals surface area contributed by atoms with Gasteiger partial charge in [-0.05, 0) is 32.6 Å². The third-order valence-electron chi connectivity index (χ3n) is 4.36. The molecule has 10 heteroatoms. The van der Waals surface area contributed by atoms with E-state index in [1.807, 2.05) is 16.7 Å². The van der Waals surface area contributed by atoms with Gasteiger partial charge in [0.2, 0.25) is 11.8 Å². The van der Waals surface area contributed by atoms with Crippen LogP contribution in [0.1, 0.15) is 45.4 Å². The fraction of sp³-hybridized carbons (Fsp3) is 0.812. The average molecular weight is 381 g/mol. The van der Waals surface area contributed by atoms with Crippen molar-refractivity contribution in [2.45, 2.75) is 63.7 Å². The Morgan fingerprint density at radius 1 is 1.23 bits per heavy atom. The SMILES string of the molecule is C[C@@H](N)CC(=O)N1CCC(N2CCCCC2=O)CC1.O=C(O)C(F)(F)F. The highest BCUT2D eigenvalue weighted by Gasteiger charge is 2.38. The van der Waals surface area contributed by atoms with Gasteiger partial charge in [-0.1, -0.05) is 0 Å². The van der Waals surface area contributed by atoms with E-state index >= 15 is 0 Å². The molecule has 0 aromatic rings. The van der Waals surface area contributed by atoms with E-state index in [0.29, 0.717) is 24.8 Å². The van der Waals surface area contributed by atoms with Crippen LogP contribution in [-0.4, -0.2) is 70.6 Å². The number of alkyl halides is 3. The van der Waals surface area contributed by atoms with Gasteiger partial charge in [0.25, 0.3) is 0 Å². The summed E-state index contributed by atoms with van der Waals surface area (Å²) in [6.07, 6.45) is 0.0145. The zero-order valence-electron chi connectivity index (χ0n) is 14.8. The Balaban J connectivity index is 0.000000412. The summed E-state index contributed by atoms with van der Waals surface area (Å²) >= 11 is 0. The molecule has 2 rings (SSSR count). The number of rotatable bonds is 3. The predicted molar refractivity (Wildman–Crippen MR) is 87.1 cm³/mol. The fourth-order valence-electron chi connectivity index (χ4n) is 3.04. The molecule has 7 nitrogen and oxygen atoms in total. The molecular formula is C16H26F3N3O4. The largest absolute Gasteiger partial charge is 0.490 e. The van der Waals surface area contributed by atoms with Crippen molar-refractivity contribution in [3.8, 4) is 0 Å². The summed E-state index contributed by atoms with van der Waals surface area (Å²) in [5.74, 6) is -2.31. The molecule has 1 atom stereocenters. The maximum absolute atomic E-state index is 11.9. The summed E-state index contributed by atoms with van der Waals surface area (Å²) in [7, 11) is 0. The topological polar surface area (TPSA) is 104 Å². The second kappa shape index (κ2) is 9.75. The van der Waals surface area contributed by atoms with Gasteiger partial charge in [-0.15, -0.1) is 0 Å². The number of carbonyl (C=O) groups excluding carboxylic acids is 2. The number of nitrogens with two attached hydrogens (primary N) is 1. The van der Waals surface area contributed by atoms with E-state index in [4.69, 9.17) is 15.6 Å². The number of carbonyl (C=O) groups is 3. The van der Waals surface area contributed by atoms with E-state index < -0.39 is 12.1 Å². The van der Waals surface area contributed by atoms with Crippen LogP contribution in [0, 0.1) is 0 Å².